The number of hydrogen-bond acceptors (Lipinski definition) is 25. The van der Waals surface area contributed by atoms with Gasteiger partial charge in [0.05, 0.1) is 97.7 Å². The summed E-state index contributed by atoms with van der Waals surface area (Å²) in [6.07, 6.45) is 7.22. The summed E-state index contributed by atoms with van der Waals surface area (Å²) in [6, 6.07) is 87.4. The van der Waals surface area contributed by atoms with Gasteiger partial charge in [-0.1, -0.05) is 121 Å². The molecular weight excluding hydrogens is 2170 g/mol. The number of amides is 1. The second kappa shape index (κ2) is 43.5. The Bertz CT molecular complexity index is 8290. The number of rotatable bonds is 20. The molecule has 0 aliphatic carbocycles. The summed E-state index contributed by atoms with van der Waals surface area (Å²) >= 11 is 8.96. The number of nitrogens with one attached hydrogen (secondary N) is 1. The van der Waals surface area contributed by atoms with Gasteiger partial charge in [-0.05, 0) is 285 Å². The van der Waals surface area contributed by atoms with E-state index in [0.717, 1.165) is 118 Å². The van der Waals surface area contributed by atoms with Gasteiger partial charge in [-0.3, -0.25) is 0 Å². The zero-order valence-electron chi connectivity index (χ0n) is 79.4. The van der Waals surface area contributed by atoms with Gasteiger partial charge in [0.15, 0.2) is 22.6 Å². The molecule has 744 valence electrons. The van der Waals surface area contributed by atoms with Gasteiger partial charge in [0.1, 0.15) is 41.4 Å². The average molecular weight is 2270 g/mol. The highest BCUT2D eigenvalue weighted by molar-refractivity contribution is 14.1. The van der Waals surface area contributed by atoms with Crippen LogP contribution in [-0.4, -0.2) is 203 Å². The minimum Gasteiger partial charge on any atom is -0.488 e. The molecule has 22 rings (SSSR count). The molecule has 9 aromatic carbocycles. The largest absolute Gasteiger partial charge is 0.488 e. The highest BCUT2D eigenvalue weighted by Gasteiger charge is 2.36. The lowest BCUT2D eigenvalue weighted by atomic mass is 10.0. The maximum Gasteiger partial charge on any atom is 0.410 e. The summed E-state index contributed by atoms with van der Waals surface area (Å²) in [6.45, 7) is 17.0. The number of ether oxygens (including phenoxy) is 6. The van der Waals surface area contributed by atoms with Crippen molar-refractivity contribution in [1.29, 1.82) is 10.5 Å². The topological polar surface area (TPSA) is 353 Å². The number of pyridine rings is 4. The molecule has 30 nitrogen and oxygen atoms in total. The number of fused-ring (bicyclic) bond motifs is 4. The van der Waals surface area contributed by atoms with E-state index in [0.29, 0.717) is 147 Å². The Labute approximate surface area is 875 Å². The lowest BCUT2D eigenvalue weighted by Gasteiger charge is -2.28. The number of anilines is 3. The zero-order valence-corrected chi connectivity index (χ0v) is 88.0. The van der Waals surface area contributed by atoms with Crippen LogP contribution in [0.2, 0.25) is 0 Å². The number of halogens is 3. The molecule has 0 radical (unpaired) electrons. The third kappa shape index (κ3) is 21.4. The SMILES string of the molecule is CC(C)(C)OC(=O)N1CC[C@@H](Oc2ccc(-c3ccnc4c3cc(-c3ccc(N5CCOCC5)cc3)n4S(=O)(=O)c3ccccc3)cc2C#N)C1.N#Cc1cc(-c2ccnc3c2cc(-c2ccc(N4CCOCC4)cc2)n3S(=O)(=O)c2ccccc2)ccc1O[C@@H]1CCNC1.O=S(=O)(c1ccccc1)n1c(-c2ccc(N3CCOCC3)cc2)cc2c(Br)ccnc21.O=S(=O)(c1ccccc1)n1c(I)cc2c(Br)ccnc21. The monoisotopic (exact) mass is 2270 g/mol. The van der Waals surface area contributed by atoms with Crippen molar-refractivity contribution in [2.75, 3.05) is 120 Å². The highest BCUT2D eigenvalue weighted by Crippen LogP contribution is 2.44. The van der Waals surface area contributed by atoms with E-state index in [2.05, 4.69) is 84.0 Å². The Balaban J connectivity index is 0.000000129. The third-order valence-electron chi connectivity index (χ3n) is 25.5. The van der Waals surface area contributed by atoms with Gasteiger partial charge in [0.2, 0.25) is 0 Å². The van der Waals surface area contributed by atoms with E-state index in [-0.39, 0.29) is 43.5 Å². The van der Waals surface area contributed by atoms with Gasteiger partial charge in [-0.25, -0.2) is 74.3 Å². The van der Waals surface area contributed by atoms with Crippen LogP contribution < -0.4 is 29.5 Å². The van der Waals surface area contributed by atoms with Crippen LogP contribution in [-0.2, 0) is 59.0 Å². The van der Waals surface area contributed by atoms with Crippen LogP contribution >= 0.6 is 54.5 Å². The molecule has 5 aliphatic rings. The summed E-state index contributed by atoms with van der Waals surface area (Å²) in [5, 5.41) is 26.2. The van der Waals surface area contributed by atoms with Gasteiger partial charge in [0, 0.05) is 131 Å². The van der Waals surface area contributed by atoms with Crippen LogP contribution in [0.5, 0.6) is 11.5 Å². The number of nitrogens with zero attached hydrogens (tertiary/aromatic N) is 14. The maximum atomic E-state index is 14.3. The number of carbonyl (C=O) groups excluding carboxylic acids is 1. The molecule has 1 amide bonds. The Hall–Kier alpha value is -13.7. The molecule has 5 fully saturated rings. The number of carbonyl (C=O) groups is 1. The predicted molar refractivity (Wildman–Crippen MR) is 578 cm³/mol. The summed E-state index contributed by atoms with van der Waals surface area (Å²) < 4.78 is 152. The quantitative estimate of drug-likeness (QED) is 0.0692. The van der Waals surface area contributed by atoms with E-state index in [4.69, 9.17) is 28.4 Å². The van der Waals surface area contributed by atoms with Crippen molar-refractivity contribution in [3.63, 3.8) is 0 Å². The average Bonchev–Trinajstić information content (AvgIpc) is 1.64. The van der Waals surface area contributed by atoms with Crippen molar-refractivity contribution >= 4 is 162 Å². The van der Waals surface area contributed by atoms with E-state index < -0.39 is 45.7 Å². The number of nitriles is 2. The van der Waals surface area contributed by atoms with E-state index in [9.17, 15) is 49.0 Å². The van der Waals surface area contributed by atoms with Crippen LogP contribution in [0.15, 0.2) is 332 Å². The molecule has 0 bridgehead atoms. The van der Waals surface area contributed by atoms with Gasteiger partial charge in [-0.2, -0.15) is 10.5 Å². The minimum absolute atomic E-state index is 0.0231. The fourth-order valence-corrected chi connectivity index (χ4v) is 26.2. The van der Waals surface area contributed by atoms with E-state index in [1.165, 1.54) is 15.9 Å². The normalized spacial score (nSPS) is 15.7. The fraction of sp³-hybridized carbons (Fsp3) is 0.220. The lowest BCUT2D eigenvalue weighted by molar-refractivity contribution is 0.0275. The zero-order chi connectivity index (χ0) is 102. The smallest absolute Gasteiger partial charge is 0.410 e. The molecule has 13 heterocycles. The molecule has 5 saturated heterocycles. The van der Waals surface area contributed by atoms with Crippen LogP contribution in [0, 0.1) is 26.4 Å². The first-order chi connectivity index (χ1) is 70.6. The summed E-state index contributed by atoms with van der Waals surface area (Å²) in [4.78, 5) is 39.5. The third-order valence-corrected chi connectivity index (χ3v) is 34.8. The first-order valence-corrected chi connectivity index (χ1v) is 55.7. The summed E-state index contributed by atoms with van der Waals surface area (Å²) in [5.41, 5.74) is 11.5. The molecule has 0 saturated carbocycles. The Morgan fingerprint density at radius 1 is 0.397 bits per heavy atom. The Morgan fingerprint density at radius 2 is 0.726 bits per heavy atom. The highest BCUT2D eigenvalue weighted by atomic mass is 127. The Kier molecular flexibility index (Phi) is 30.1. The van der Waals surface area contributed by atoms with Crippen molar-refractivity contribution in [3.8, 4) is 79.7 Å². The predicted octanol–water partition coefficient (Wildman–Crippen LogP) is 19.9. The molecule has 1 N–H and O–H groups in total. The first kappa shape index (κ1) is 101. The van der Waals surface area contributed by atoms with Crippen molar-refractivity contribution in [1.82, 2.24) is 46.0 Å². The van der Waals surface area contributed by atoms with Gasteiger partial charge >= 0.3 is 6.09 Å². The van der Waals surface area contributed by atoms with E-state index >= 15 is 0 Å². The first-order valence-electron chi connectivity index (χ1n) is 47.2. The number of hydrogen-bond donors (Lipinski definition) is 1. The van der Waals surface area contributed by atoms with Crippen LogP contribution in [0.1, 0.15) is 44.7 Å². The fourth-order valence-electron chi connectivity index (χ4n) is 18.2. The molecule has 2 atom stereocenters. The molecule has 8 aromatic heterocycles. The number of aromatic nitrogens is 8. The molecule has 5 aliphatic heterocycles. The lowest BCUT2D eigenvalue weighted by Crippen LogP contribution is -2.36. The summed E-state index contributed by atoms with van der Waals surface area (Å²) in [7, 11) is -15.6. The van der Waals surface area contributed by atoms with Crippen LogP contribution in [0.3, 0.4) is 0 Å². The van der Waals surface area contributed by atoms with Crippen molar-refractivity contribution in [2.24, 2.45) is 0 Å². The van der Waals surface area contributed by atoms with Crippen molar-refractivity contribution in [3.05, 3.63) is 328 Å². The number of likely N-dealkylation sites (tertiary alicyclic amines) is 1. The van der Waals surface area contributed by atoms with Gasteiger partial charge in [-0.15, -0.1) is 0 Å². The van der Waals surface area contributed by atoms with Crippen molar-refractivity contribution in [2.45, 2.75) is 71.0 Å². The van der Waals surface area contributed by atoms with Gasteiger partial charge < -0.3 is 53.3 Å². The molecule has 37 heteroatoms. The number of benzene rings is 9. The maximum absolute atomic E-state index is 14.3. The molecule has 146 heavy (non-hydrogen) atoms. The van der Waals surface area contributed by atoms with Crippen LogP contribution in [0.25, 0.3) is 100 Å². The molecular formula is C109H98Br2IN15O15S4. The standard InChI is InChI=1S/C39H39N5O6S.C34H31N5O4S.C23H20BrN3O3S.C13H8BrIN2O2S/c1-39(2,3)50-38(45)43-18-16-31(26-43)49-36-14-11-28(23-29(36)25-40)33-15-17-41-37-34(33)24-35(44(37)51(46,47)32-7-5-4-6-8-32)27-9-12-30(13-10-27)42-19-21-48-22-20-42;35-22-26-20-25(8-11-33(26)43-28-12-14-36-23-28)30-13-15-37-34-31(30)21-32(39(34)44(40,41)29-4-2-1-3-5-29)24-6-9-27(10-7-24)38-16-18-42-19-17-38;24-21-10-11-25-23-20(21)16-22(27(23)31(28,29)19-4-2-1-3-5-19)17-6-8-18(9-7-17)26-12-14-30-15-13-26;14-11-6-7-16-13-10(11)8-12(15)17(13)20(18,19)9-4-2-1-3-5-9/h4-15,17,23-24,31H,16,18-22,26H2,1-3H3;1-11,13,15,20-21,28,36H,12,14,16-19,23H2;1-11,16H,12-15H2;1-8H/t31-;28-;;/m11../s1. The van der Waals surface area contributed by atoms with E-state index in [1.807, 2.05) is 171 Å². The van der Waals surface area contributed by atoms with Crippen LogP contribution in [0.4, 0.5) is 21.9 Å². The molecule has 17 aromatic rings. The molecule has 0 unspecified atom stereocenters. The Morgan fingerprint density at radius 3 is 1.08 bits per heavy atom. The minimum atomic E-state index is -4.07. The number of morpholine rings is 3. The van der Waals surface area contributed by atoms with Gasteiger partial charge in [0.25, 0.3) is 40.1 Å². The summed E-state index contributed by atoms with van der Waals surface area (Å²) in [5.74, 6) is 0.952. The molecule has 0 spiro atoms. The second-order valence-corrected chi connectivity index (χ2v) is 45.9. The second-order valence-electron chi connectivity index (χ2n) is 35.9. The van der Waals surface area contributed by atoms with E-state index in [1.54, 1.807) is 181 Å². The van der Waals surface area contributed by atoms with Crippen molar-refractivity contribution < 1.29 is 66.9 Å².